The molecule has 1 aliphatic rings. The number of nitrogens with zero attached hydrogens (tertiary/aromatic N) is 4. The van der Waals surface area contributed by atoms with Gasteiger partial charge in [-0.2, -0.15) is 0 Å². The van der Waals surface area contributed by atoms with Crippen LogP contribution in [0.2, 0.25) is 5.15 Å². The van der Waals surface area contributed by atoms with Gasteiger partial charge >= 0.3 is 0 Å². The van der Waals surface area contributed by atoms with Gasteiger partial charge in [0.15, 0.2) is 0 Å². The van der Waals surface area contributed by atoms with Crippen molar-refractivity contribution >= 4 is 17.5 Å². The van der Waals surface area contributed by atoms with E-state index >= 15 is 0 Å². The summed E-state index contributed by atoms with van der Waals surface area (Å²) in [5.74, 6) is 1.15. The Morgan fingerprint density at radius 3 is 2.82 bits per heavy atom. The number of likely N-dealkylation sites (N-methyl/N-ethyl adjacent to an activating group) is 1. The molecule has 124 valence electrons. The van der Waals surface area contributed by atoms with Gasteiger partial charge in [0, 0.05) is 38.5 Å². The second-order valence-corrected chi connectivity index (χ2v) is 6.42. The SMILES string of the molecule is CCCCn1c(Cl)cnc1CCC(=O)N1CC(N(C)CC)C1. The zero-order chi connectivity index (χ0) is 16.1. The molecule has 1 aliphatic heterocycles. The Labute approximate surface area is 138 Å². The van der Waals surface area contributed by atoms with Gasteiger partial charge in [-0.05, 0) is 20.0 Å². The lowest BCUT2D eigenvalue weighted by molar-refractivity contribution is -0.138. The molecule has 2 rings (SSSR count). The summed E-state index contributed by atoms with van der Waals surface area (Å²) < 4.78 is 2.03. The van der Waals surface area contributed by atoms with Gasteiger partial charge in [0.2, 0.25) is 5.91 Å². The topological polar surface area (TPSA) is 41.4 Å². The van der Waals surface area contributed by atoms with Crippen molar-refractivity contribution in [2.45, 2.75) is 52.1 Å². The molecule has 0 unspecified atom stereocenters. The predicted octanol–water partition coefficient (Wildman–Crippen LogP) is 2.43. The van der Waals surface area contributed by atoms with Crippen molar-refractivity contribution in [2.24, 2.45) is 0 Å². The van der Waals surface area contributed by atoms with Crippen LogP contribution in [0.15, 0.2) is 6.20 Å². The number of unbranched alkanes of at least 4 members (excludes halogenated alkanes) is 1. The molecule has 1 fully saturated rings. The lowest BCUT2D eigenvalue weighted by Crippen LogP contribution is -2.60. The van der Waals surface area contributed by atoms with Gasteiger partial charge in [-0.15, -0.1) is 0 Å². The van der Waals surface area contributed by atoms with Gasteiger partial charge in [-0.3, -0.25) is 4.79 Å². The molecule has 0 N–H and O–H groups in total. The van der Waals surface area contributed by atoms with Crippen LogP contribution in [0.1, 0.15) is 38.9 Å². The van der Waals surface area contributed by atoms with Crippen molar-refractivity contribution in [3.05, 3.63) is 17.2 Å². The first-order chi connectivity index (χ1) is 10.6. The van der Waals surface area contributed by atoms with Crippen LogP contribution in [0.3, 0.4) is 0 Å². The number of hydrogen-bond acceptors (Lipinski definition) is 3. The Morgan fingerprint density at radius 2 is 2.18 bits per heavy atom. The molecule has 1 aromatic rings. The van der Waals surface area contributed by atoms with Crippen LogP contribution >= 0.6 is 11.6 Å². The normalized spacial score (nSPS) is 15.4. The first-order valence-corrected chi connectivity index (χ1v) is 8.62. The third kappa shape index (κ3) is 4.02. The smallest absolute Gasteiger partial charge is 0.223 e. The van der Waals surface area contributed by atoms with Crippen LogP contribution in [0.25, 0.3) is 0 Å². The number of hydrogen-bond donors (Lipinski definition) is 0. The number of carbonyl (C=O) groups excluding carboxylic acids is 1. The second kappa shape index (κ2) is 7.97. The zero-order valence-electron chi connectivity index (χ0n) is 13.9. The lowest BCUT2D eigenvalue weighted by Gasteiger charge is -2.43. The van der Waals surface area contributed by atoms with Crippen LogP contribution in [-0.2, 0) is 17.8 Å². The van der Waals surface area contributed by atoms with E-state index in [0.29, 0.717) is 24.0 Å². The molecule has 2 heterocycles. The Bertz CT molecular complexity index is 496. The first-order valence-electron chi connectivity index (χ1n) is 8.24. The van der Waals surface area contributed by atoms with Crippen molar-refractivity contribution in [1.29, 1.82) is 0 Å². The van der Waals surface area contributed by atoms with Crippen LogP contribution in [0.4, 0.5) is 0 Å². The van der Waals surface area contributed by atoms with E-state index in [1.165, 1.54) is 0 Å². The van der Waals surface area contributed by atoms with Gasteiger partial charge in [0.05, 0.1) is 6.20 Å². The quantitative estimate of drug-likeness (QED) is 0.736. The van der Waals surface area contributed by atoms with Gasteiger partial charge in [-0.1, -0.05) is 31.9 Å². The standard InChI is InChI=1S/C16H27ClN4O/c1-4-6-9-21-14(17)10-18-15(21)7-8-16(22)20-11-13(12-20)19(3)5-2/h10,13H,4-9,11-12H2,1-3H3. The summed E-state index contributed by atoms with van der Waals surface area (Å²) in [6, 6.07) is 0.523. The number of amides is 1. The van der Waals surface area contributed by atoms with Crippen molar-refractivity contribution in [3.8, 4) is 0 Å². The Morgan fingerprint density at radius 1 is 1.45 bits per heavy atom. The minimum Gasteiger partial charge on any atom is -0.339 e. The summed E-state index contributed by atoms with van der Waals surface area (Å²) in [5, 5.41) is 0.671. The maximum Gasteiger partial charge on any atom is 0.223 e. The van der Waals surface area contributed by atoms with Crippen molar-refractivity contribution in [1.82, 2.24) is 19.4 Å². The van der Waals surface area contributed by atoms with Crippen LogP contribution < -0.4 is 0 Å². The molecule has 0 aliphatic carbocycles. The largest absolute Gasteiger partial charge is 0.339 e. The fourth-order valence-corrected chi connectivity index (χ4v) is 2.95. The maximum atomic E-state index is 12.2. The Hall–Kier alpha value is -1.07. The van der Waals surface area contributed by atoms with E-state index in [2.05, 4.69) is 30.8 Å². The molecule has 5 nitrogen and oxygen atoms in total. The minimum absolute atomic E-state index is 0.224. The van der Waals surface area contributed by atoms with E-state index in [9.17, 15) is 4.79 Å². The van der Waals surface area contributed by atoms with E-state index in [1.807, 2.05) is 9.47 Å². The maximum absolute atomic E-state index is 12.2. The minimum atomic E-state index is 0.224. The molecular weight excluding hydrogens is 300 g/mol. The number of aryl methyl sites for hydroxylation is 1. The summed E-state index contributed by atoms with van der Waals surface area (Å²) in [4.78, 5) is 20.8. The van der Waals surface area contributed by atoms with Gasteiger partial charge in [0.25, 0.3) is 0 Å². The van der Waals surface area contributed by atoms with E-state index in [1.54, 1.807) is 6.20 Å². The highest BCUT2D eigenvalue weighted by atomic mass is 35.5. The highest BCUT2D eigenvalue weighted by Crippen LogP contribution is 2.18. The molecule has 22 heavy (non-hydrogen) atoms. The van der Waals surface area contributed by atoms with E-state index in [4.69, 9.17) is 11.6 Å². The fourth-order valence-electron chi connectivity index (χ4n) is 2.71. The predicted molar refractivity (Wildman–Crippen MR) is 89.1 cm³/mol. The van der Waals surface area contributed by atoms with Crippen LogP contribution in [-0.4, -0.2) is 58.0 Å². The molecule has 0 spiro atoms. The number of rotatable bonds is 8. The Kier molecular flexibility index (Phi) is 6.26. The lowest BCUT2D eigenvalue weighted by atomic mass is 10.1. The molecule has 1 saturated heterocycles. The highest BCUT2D eigenvalue weighted by molar-refractivity contribution is 6.29. The van der Waals surface area contributed by atoms with Gasteiger partial charge < -0.3 is 14.4 Å². The molecular formula is C16H27ClN4O. The molecule has 0 bridgehead atoms. The van der Waals surface area contributed by atoms with Crippen LogP contribution in [0, 0.1) is 0 Å². The number of imidazole rings is 1. The molecule has 0 aromatic carbocycles. The monoisotopic (exact) mass is 326 g/mol. The van der Waals surface area contributed by atoms with E-state index < -0.39 is 0 Å². The highest BCUT2D eigenvalue weighted by Gasteiger charge is 2.32. The number of aromatic nitrogens is 2. The molecule has 0 radical (unpaired) electrons. The van der Waals surface area contributed by atoms with E-state index in [0.717, 1.165) is 44.8 Å². The average molecular weight is 327 g/mol. The Balaban J connectivity index is 1.80. The molecule has 6 heteroatoms. The van der Waals surface area contributed by atoms with Gasteiger partial charge in [-0.25, -0.2) is 4.98 Å². The first kappa shape index (κ1) is 17.3. The zero-order valence-corrected chi connectivity index (χ0v) is 14.6. The van der Waals surface area contributed by atoms with Gasteiger partial charge in [0.1, 0.15) is 11.0 Å². The molecule has 1 amide bonds. The van der Waals surface area contributed by atoms with E-state index in [-0.39, 0.29) is 5.91 Å². The van der Waals surface area contributed by atoms with Crippen molar-refractivity contribution in [3.63, 3.8) is 0 Å². The third-order valence-electron chi connectivity index (χ3n) is 4.52. The fraction of sp³-hybridized carbons (Fsp3) is 0.750. The third-order valence-corrected chi connectivity index (χ3v) is 4.83. The van der Waals surface area contributed by atoms with Crippen LogP contribution in [0.5, 0.6) is 0 Å². The van der Waals surface area contributed by atoms with Crippen molar-refractivity contribution < 1.29 is 4.79 Å². The number of halogens is 1. The molecule has 1 aromatic heterocycles. The summed E-state index contributed by atoms with van der Waals surface area (Å²) in [5.41, 5.74) is 0. The average Bonchev–Trinajstić information content (AvgIpc) is 2.81. The second-order valence-electron chi connectivity index (χ2n) is 6.03. The number of likely N-dealkylation sites (tertiary alicyclic amines) is 1. The summed E-state index contributed by atoms with van der Waals surface area (Å²) in [6.45, 7) is 7.92. The molecule has 0 atom stereocenters. The molecule has 0 saturated carbocycles. The summed E-state index contributed by atoms with van der Waals surface area (Å²) in [7, 11) is 2.11. The summed E-state index contributed by atoms with van der Waals surface area (Å²) >= 11 is 6.17. The number of carbonyl (C=O) groups is 1. The summed E-state index contributed by atoms with van der Waals surface area (Å²) in [6.07, 6.45) is 5.07. The van der Waals surface area contributed by atoms with Crippen molar-refractivity contribution in [2.75, 3.05) is 26.7 Å².